The van der Waals surface area contributed by atoms with E-state index in [1.165, 1.54) is 0 Å². The molecule has 0 fully saturated rings. The van der Waals surface area contributed by atoms with Gasteiger partial charge in [-0.25, -0.2) is 9.78 Å². The highest BCUT2D eigenvalue weighted by atomic mass is 16.4. The molecule has 4 heteroatoms. The minimum absolute atomic E-state index is 0.208. The van der Waals surface area contributed by atoms with Gasteiger partial charge in [0.1, 0.15) is 5.82 Å². The molecule has 2 N–H and O–H groups in total. The van der Waals surface area contributed by atoms with Gasteiger partial charge in [0, 0.05) is 11.7 Å². The smallest absolute Gasteiger partial charge is 0.335 e. The van der Waals surface area contributed by atoms with Gasteiger partial charge in [0.15, 0.2) is 0 Å². The second-order valence-electron chi connectivity index (χ2n) is 5.92. The Morgan fingerprint density at radius 3 is 2.45 bits per heavy atom. The summed E-state index contributed by atoms with van der Waals surface area (Å²) in [6, 6.07) is 3.54. The third kappa shape index (κ3) is 4.83. The van der Waals surface area contributed by atoms with Crippen molar-refractivity contribution >= 4 is 11.8 Å². The highest BCUT2D eigenvalue weighted by molar-refractivity contribution is 5.88. The fraction of sp³-hybridized carbons (Fsp3) is 0.625. The van der Waals surface area contributed by atoms with E-state index in [4.69, 9.17) is 0 Å². The Morgan fingerprint density at radius 2 is 1.95 bits per heavy atom. The first-order chi connectivity index (χ1) is 9.33. The first kappa shape index (κ1) is 16.5. The summed E-state index contributed by atoms with van der Waals surface area (Å²) in [5.74, 6) is 0.598. The number of hydrogen-bond acceptors (Lipinski definition) is 3. The van der Waals surface area contributed by atoms with Gasteiger partial charge in [-0.05, 0) is 37.3 Å². The van der Waals surface area contributed by atoms with Gasteiger partial charge in [-0.15, -0.1) is 0 Å². The third-order valence-corrected chi connectivity index (χ3v) is 3.53. The van der Waals surface area contributed by atoms with Gasteiger partial charge >= 0.3 is 5.97 Å². The number of aromatic nitrogens is 1. The summed E-state index contributed by atoms with van der Waals surface area (Å²) in [6.45, 7) is 10.5. The summed E-state index contributed by atoms with van der Waals surface area (Å²) >= 11 is 0. The minimum Gasteiger partial charge on any atom is -0.478 e. The van der Waals surface area contributed by atoms with Crippen LogP contribution in [0.1, 0.15) is 69.4 Å². The Hall–Kier alpha value is -1.58. The lowest BCUT2D eigenvalue weighted by molar-refractivity contribution is 0.0696. The Balaban J connectivity index is 2.91. The average molecular weight is 278 g/mol. The number of pyridine rings is 1. The minimum atomic E-state index is -0.910. The van der Waals surface area contributed by atoms with E-state index in [1.807, 2.05) is 13.8 Å². The molecule has 0 spiro atoms. The lowest BCUT2D eigenvalue weighted by Crippen LogP contribution is -2.19. The predicted octanol–water partition coefficient (Wildman–Crippen LogP) is 4.14. The van der Waals surface area contributed by atoms with Crippen molar-refractivity contribution in [2.24, 2.45) is 5.92 Å². The molecule has 112 valence electrons. The van der Waals surface area contributed by atoms with Crippen LogP contribution in [0.15, 0.2) is 12.1 Å². The Labute approximate surface area is 121 Å². The Kier molecular flexibility index (Phi) is 5.99. The standard InChI is InChI=1S/C16H26N2O2/c1-6-11(4)7-12(5)17-15-9-13(16(19)20)8-14(18-15)10(2)3/h8-12H,6-7H2,1-5H3,(H,17,18)(H,19,20). The van der Waals surface area contributed by atoms with Gasteiger partial charge in [-0.1, -0.05) is 34.1 Å². The maximum atomic E-state index is 11.2. The van der Waals surface area contributed by atoms with E-state index in [0.717, 1.165) is 18.5 Å². The summed E-state index contributed by atoms with van der Waals surface area (Å²) in [5.41, 5.74) is 1.10. The number of rotatable bonds is 7. The fourth-order valence-electron chi connectivity index (χ4n) is 2.13. The summed E-state index contributed by atoms with van der Waals surface area (Å²) in [5, 5.41) is 12.5. The Bertz CT molecular complexity index is 458. The monoisotopic (exact) mass is 278 g/mol. The van der Waals surface area contributed by atoms with Crippen LogP contribution in [0, 0.1) is 5.92 Å². The van der Waals surface area contributed by atoms with Crippen LogP contribution in [0.4, 0.5) is 5.82 Å². The maximum Gasteiger partial charge on any atom is 0.335 e. The van der Waals surface area contributed by atoms with E-state index in [9.17, 15) is 9.90 Å². The van der Waals surface area contributed by atoms with Crippen LogP contribution in [0.25, 0.3) is 0 Å². The van der Waals surface area contributed by atoms with Gasteiger partial charge < -0.3 is 10.4 Å². The molecule has 0 radical (unpaired) electrons. The van der Waals surface area contributed by atoms with Crippen molar-refractivity contribution in [3.8, 4) is 0 Å². The summed E-state index contributed by atoms with van der Waals surface area (Å²) < 4.78 is 0. The highest BCUT2D eigenvalue weighted by Gasteiger charge is 2.13. The molecule has 2 unspecified atom stereocenters. The quantitative estimate of drug-likeness (QED) is 0.787. The normalized spacial score (nSPS) is 14.1. The van der Waals surface area contributed by atoms with Crippen LogP contribution >= 0.6 is 0 Å². The molecule has 2 atom stereocenters. The molecule has 0 aromatic carbocycles. The van der Waals surface area contributed by atoms with E-state index < -0.39 is 5.97 Å². The van der Waals surface area contributed by atoms with Crippen LogP contribution in [-0.2, 0) is 0 Å². The van der Waals surface area contributed by atoms with Gasteiger partial charge in [-0.2, -0.15) is 0 Å². The van der Waals surface area contributed by atoms with Gasteiger partial charge in [0.2, 0.25) is 0 Å². The maximum absolute atomic E-state index is 11.2. The van der Waals surface area contributed by atoms with Crippen LogP contribution in [0.2, 0.25) is 0 Å². The molecule has 0 saturated heterocycles. The zero-order valence-corrected chi connectivity index (χ0v) is 13.1. The molecule has 1 aromatic heterocycles. The lowest BCUT2D eigenvalue weighted by Gasteiger charge is -2.19. The first-order valence-electron chi connectivity index (χ1n) is 7.35. The molecular formula is C16H26N2O2. The van der Waals surface area contributed by atoms with Gasteiger partial charge in [-0.3, -0.25) is 0 Å². The molecule has 1 rings (SSSR count). The molecule has 0 aliphatic rings. The molecule has 20 heavy (non-hydrogen) atoms. The number of nitrogens with one attached hydrogen (secondary N) is 1. The molecule has 0 aliphatic carbocycles. The number of carboxylic acids is 1. The van der Waals surface area contributed by atoms with Crippen molar-refractivity contribution in [3.05, 3.63) is 23.4 Å². The summed E-state index contributed by atoms with van der Waals surface area (Å²) in [7, 11) is 0. The number of hydrogen-bond donors (Lipinski definition) is 2. The topological polar surface area (TPSA) is 62.2 Å². The van der Waals surface area contributed by atoms with E-state index in [1.54, 1.807) is 12.1 Å². The van der Waals surface area contributed by atoms with E-state index >= 15 is 0 Å². The number of aromatic carboxylic acids is 1. The van der Waals surface area contributed by atoms with E-state index in [-0.39, 0.29) is 12.0 Å². The van der Waals surface area contributed by atoms with Crippen LogP contribution in [0.3, 0.4) is 0 Å². The second-order valence-corrected chi connectivity index (χ2v) is 5.92. The van der Waals surface area contributed by atoms with Crippen molar-refractivity contribution < 1.29 is 9.90 Å². The molecule has 1 heterocycles. The molecular weight excluding hydrogens is 252 g/mol. The van der Waals surface area contributed by atoms with E-state index in [2.05, 4.69) is 31.1 Å². The highest BCUT2D eigenvalue weighted by Crippen LogP contribution is 2.20. The van der Waals surface area contributed by atoms with Crippen molar-refractivity contribution in [1.29, 1.82) is 0 Å². The Morgan fingerprint density at radius 1 is 1.30 bits per heavy atom. The summed E-state index contributed by atoms with van der Waals surface area (Å²) in [6.07, 6.45) is 2.19. The molecule has 4 nitrogen and oxygen atoms in total. The van der Waals surface area contributed by atoms with Crippen LogP contribution in [-0.4, -0.2) is 22.1 Å². The molecule has 0 saturated carbocycles. The van der Waals surface area contributed by atoms with Crippen molar-refractivity contribution in [2.45, 2.75) is 59.4 Å². The molecule has 0 aliphatic heterocycles. The van der Waals surface area contributed by atoms with Gasteiger partial charge in [0.25, 0.3) is 0 Å². The number of carbonyl (C=O) groups is 1. The number of nitrogens with zero attached hydrogens (tertiary/aromatic N) is 1. The zero-order valence-electron chi connectivity index (χ0n) is 13.1. The molecule has 0 amide bonds. The zero-order chi connectivity index (χ0) is 15.3. The van der Waals surface area contributed by atoms with Crippen molar-refractivity contribution in [2.75, 3.05) is 5.32 Å². The van der Waals surface area contributed by atoms with Crippen molar-refractivity contribution in [1.82, 2.24) is 4.98 Å². The van der Waals surface area contributed by atoms with Crippen LogP contribution in [0.5, 0.6) is 0 Å². The van der Waals surface area contributed by atoms with Gasteiger partial charge in [0.05, 0.1) is 5.56 Å². The average Bonchev–Trinajstić information content (AvgIpc) is 2.37. The largest absolute Gasteiger partial charge is 0.478 e. The van der Waals surface area contributed by atoms with Crippen LogP contribution < -0.4 is 5.32 Å². The molecule has 0 bridgehead atoms. The third-order valence-electron chi connectivity index (χ3n) is 3.53. The molecule has 1 aromatic rings. The lowest BCUT2D eigenvalue weighted by atomic mass is 10.0. The fourth-order valence-corrected chi connectivity index (χ4v) is 2.13. The van der Waals surface area contributed by atoms with Crippen molar-refractivity contribution in [3.63, 3.8) is 0 Å². The SMILES string of the molecule is CCC(C)CC(C)Nc1cc(C(=O)O)cc(C(C)C)n1. The first-order valence-corrected chi connectivity index (χ1v) is 7.35. The number of anilines is 1. The summed E-state index contributed by atoms with van der Waals surface area (Å²) in [4.78, 5) is 15.7. The number of carboxylic acid groups (broad SMARTS) is 1. The second kappa shape index (κ2) is 7.27. The predicted molar refractivity (Wildman–Crippen MR) is 82.4 cm³/mol. The van der Waals surface area contributed by atoms with E-state index in [0.29, 0.717) is 17.3 Å².